The maximum absolute atomic E-state index is 11.9. The van der Waals surface area contributed by atoms with Crippen molar-refractivity contribution in [2.75, 3.05) is 0 Å². The van der Waals surface area contributed by atoms with E-state index in [1.807, 2.05) is 11.4 Å². The van der Waals surface area contributed by atoms with Crippen LogP contribution in [0.5, 0.6) is 0 Å². The fourth-order valence-electron chi connectivity index (χ4n) is 2.35. The van der Waals surface area contributed by atoms with Crippen molar-refractivity contribution in [2.45, 2.75) is 37.5 Å². The van der Waals surface area contributed by atoms with Crippen LogP contribution < -0.4 is 11.3 Å². The van der Waals surface area contributed by atoms with Crippen molar-refractivity contribution in [1.82, 2.24) is 9.80 Å². The van der Waals surface area contributed by atoms with Crippen molar-refractivity contribution in [3.05, 3.63) is 17.1 Å². The molecule has 1 amide bonds. The van der Waals surface area contributed by atoms with Crippen LogP contribution in [0.1, 0.15) is 37.8 Å². The van der Waals surface area contributed by atoms with Crippen molar-refractivity contribution in [3.63, 3.8) is 0 Å². The molecule has 0 bridgehead atoms. The molecule has 0 spiro atoms. The van der Waals surface area contributed by atoms with E-state index < -0.39 is 5.41 Å². The molecule has 15 heavy (non-hydrogen) atoms. The van der Waals surface area contributed by atoms with Gasteiger partial charge in [-0.15, -0.1) is 0 Å². The minimum atomic E-state index is -0.465. The highest BCUT2D eigenvalue weighted by Crippen LogP contribution is 2.39. The van der Waals surface area contributed by atoms with Crippen LogP contribution in [0.4, 0.5) is 0 Å². The summed E-state index contributed by atoms with van der Waals surface area (Å²) in [6.45, 7) is 0. The van der Waals surface area contributed by atoms with Gasteiger partial charge in [-0.05, 0) is 30.4 Å². The van der Waals surface area contributed by atoms with Gasteiger partial charge in [0.25, 0.3) is 0 Å². The number of hydrazine groups is 1. The number of nitrogens with one attached hydrogen (secondary N) is 1. The Labute approximate surface area is 93.0 Å². The first-order chi connectivity index (χ1) is 7.29. The highest BCUT2D eigenvalue weighted by atomic mass is 32.1. The summed E-state index contributed by atoms with van der Waals surface area (Å²) in [7, 11) is 0. The lowest BCUT2D eigenvalue weighted by Crippen LogP contribution is -2.48. The Morgan fingerprint density at radius 2 is 2.20 bits per heavy atom. The number of rotatable bonds is 2. The summed E-state index contributed by atoms with van der Waals surface area (Å²) in [4.78, 5) is 11.9. The van der Waals surface area contributed by atoms with Crippen molar-refractivity contribution in [1.29, 1.82) is 0 Å². The standard InChI is InChI=1S/C10H15N3OS/c11-12-9(14)10(5-2-1-3-6-10)8-4-7-15-13-8/h4,7H,1-3,5-6,11H2,(H,12,14). The normalized spacial score (nSPS) is 19.8. The second kappa shape index (κ2) is 4.28. The molecular weight excluding hydrogens is 210 g/mol. The number of aromatic nitrogens is 1. The van der Waals surface area contributed by atoms with Gasteiger partial charge in [0.05, 0.1) is 11.1 Å². The minimum Gasteiger partial charge on any atom is -0.293 e. The van der Waals surface area contributed by atoms with Crippen LogP contribution in [0.15, 0.2) is 11.4 Å². The molecule has 3 N–H and O–H groups in total. The molecule has 1 saturated carbocycles. The van der Waals surface area contributed by atoms with Crippen LogP contribution in [0.2, 0.25) is 0 Å². The Morgan fingerprint density at radius 1 is 1.47 bits per heavy atom. The zero-order chi connectivity index (χ0) is 10.7. The molecule has 4 nitrogen and oxygen atoms in total. The minimum absolute atomic E-state index is 0.0897. The molecule has 1 aliphatic carbocycles. The maximum atomic E-state index is 11.9. The summed E-state index contributed by atoms with van der Waals surface area (Å²) in [5.74, 6) is 5.18. The Balaban J connectivity index is 2.34. The van der Waals surface area contributed by atoms with Crippen LogP contribution in [-0.4, -0.2) is 10.3 Å². The van der Waals surface area contributed by atoms with Crippen molar-refractivity contribution < 1.29 is 4.79 Å². The first kappa shape index (κ1) is 10.6. The molecule has 1 aromatic rings. The first-order valence-corrected chi connectivity index (χ1v) is 6.05. The molecular formula is C10H15N3OS. The number of amides is 1. The number of nitrogens with zero attached hydrogens (tertiary/aromatic N) is 1. The summed E-state index contributed by atoms with van der Waals surface area (Å²) in [5, 5.41) is 1.91. The van der Waals surface area contributed by atoms with E-state index in [4.69, 9.17) is 5.84 Å². The molecule has 5 heteroatoms. The zero-order valence-electron chi connectivity index (χ0n) is 8.53. The number of carbonyl (C=O) groups excluding carboxylic acids is 1. The Bertz CT molecular complexity index is 330. The number of hydrogen-bond acceptors (Lipinski definition) is 4. The van der Waals surface area contributed by atoms with Gasteiger partial charge < -0.3 is 0 Å². The summed E-state index contributed by atoms with van der Waals surface area (Å²) >= 11 is 1.39. The Morgan fingerprint density at radius 3 is 2.73 bits per heavy atom. The second-order valence-corrected chi connectivity index (χ2v) is 4.67. The Hall–Kier alpha value is -0.940. The molecule has 0 radical (unpaired) electrons. The van der Waals surface area contributed by atoms with Crippen LogP contribution in [0.3, 0.4) is 0 Å². The molecule has 0 atom stereocenters. The van der Waals surface area contributed by atoms with Crippen molar-refractivity contribution in [2.24, 2.45) is 5.84 Å². The van der Waals surface area contributed by atoms with Gasteiger partial charge in [-0.25, -0.2) is 5.84 Å². The van der Waals surface area contributed by atoms with Crippen LogP contribution in [0, 0.1) is 0 Å². The highest BCUT2D eigenvalue weighted by Gasteiger charge is 2.42. The molecule has 0 saturated heterocycles. The lowest BCUT2D eigenvalue weighted by atomic mass is 9.71. The summed E-state index contributed by atoms with van der Waals surface area (Å²) < 4.78 is 4.31. The molecule has 1 heterocycles. The number of hydrogen-bond donors (Lipinski definition) is 2. The SMILES string of the molecule is NNC(=O)C1(c2ccsn2)CCCCC1. The summed E-state index contributed by atoms with van der Waals surface area (Å²) in [5.41, 5.74) is 2.71. The highest BCUT2D eigenvalue weighted by molar-refractivity contribution is 7.03. The van der Waals surface area contributed by atoms with Gasteiger partial charge in [0, 0.05) is 5.38 Å². The van der Waals surface area contributed by atoms with E-state index in [2.05, 4.69) is 9.80 Å². The lowest BCUT2D eigenvalue weighted by Gasteiger charge is -2.33. The molecule has 1 aliphatic rings. The van der Waals surface area contributed by atoms with Crippen LogP contribution in [-0.2, 0) is 10.2 Å². The van der Waals surface area contributed by atoms with Crippen molar-refractivity contribution in [3.8, 4) is 0 Å². The summed E-state index contributed by atoms with van der Waals surface area (Å²) in [6.07, 6.45) is 5.07. The van der Waals surface area contributed by atoms with E-state index in [-0.39, 0.29) is 5.91 Å². The van der Waals surface area contributed by atoms with E-state index >= 15 is 0 Å². The van der Waals surface area contributed by atoms with Gasteiger partial charge in [0.1, 0.15) is 0 Å². The average molecular weight is 225 g/mol. The van der Waals surface area contributed by atoms with Crippen molar-refractivity contribution >= 4 is 17.4 Å². The predicted octanol–water partition coefficient (Wildman–Crippen LogP) is 1.33. The van der Waals surface area contributed by atoms with Gasteiger partial charge >= 0.3 is 0 Å². The smallest absolute Gasteiger partial charge is 0.246 e. The van der Waals surface area contributed by atoms with E-state index in [9.17, 15) is 4.79 Å². The monoisotopic (exact) mass is 225 g/mol. The fourth-order valence-corrected chi connectivity index (χ4v) is 2.95. The molecule has 0 aromatic carbocycles. The fraction of sp³-hybridized carbons (Fsp3) is 0.600. The average Bonchev–Trinajstić information content (AvgIpc) is 2.83. The first-order valence-electron chi connectivity index (χ1n) is 5.21. The lowest BCUT2D eigenvalue weighted by molar-refractivity contribution is -0.128. The quantitative estimate of drug-likeness (QED) is 0.453. The van der Waals surface area contributed by atoms with E-state index in [0.29, 0.717) is 0 Å². The third kappa shape index (κ3) is 1.77. The zero-order valence-corrected chi connectivity index (χ0v) is 9.35. The molecule has 82 valence electrons. The molecule has 0 unspecified atom stereocenters. The van der Waals surface area contributed by atoms with Crippen LogP contribution >= 0.6 is 11.5 Å². The van der Waals surface area contributed by atoms with E-state index in [1.165, 1.54) is 18.0 Å². The maximum Gasteiger partial charge on any atom is 0.246 e. The van der Waals surface area contributed by atoms with E-state index in [0.717, 1.165) is 31.4 Å². The topological polar surface area (TPSA) is 68.0 Å². The van der Waals surface area contributed by atoms with E-state index in [1.54, 1.807) is 0 Å². The molecule has 0 aliphatic heterocycles. The van der Waals surface area contributed by atoms with Gasteiger partial charge in [-0.1, -0.05) is 19.3 Å². The largest absolute Gasteiger partial charge is 0.293 e. The third-order valence-electron chi connectivity index (χ3n) is 3.20. The van der Waals surface area contributed by atoms with Gasteiger partial charge in [-0.3, -0.25) is 10.2 Å². The van der Waals surface area contributed by atoms with Gasteiger partial charge in [0.15, 0.2) is 0 Å². The van der Waals surface area contributed by atoms with Gasteiger partial charge in [-0.2, -0.15) is 4.37 Å². The predicted molar refractivity (Wildman–Crippen MR) is 59.2 cm³/mol. The number of nitrogens with two attached hydrogens (primary N) is 1. The Kier molecular flexibility index (Phi) is 3.02. The van der Waals surface area contributed by atoms with Crippen LogP contribution in [0.25, 0.3) is 0 Å². The van der Waals surface area contributed by atoms with Gasteiger partial charge in [0.2, 0.25) is 5.91 Å². The summed E-state index contributed by atoms with van der Waals surface area (Å²) in [6, 6.07) is 1.94. The molecule has 1 aromatic heterocycles. The molecule has 1 fully saturated rings. The third-order valence-corrected chi connectivity index (χ3v) is 3.76. The number of carbonyl (C=O) groups is 1. The molecule has 2 rings (SSSR count). The second-order valence-electron chi connectivity index (χ2n) is 4.00.